The van der Waals surface area contributed by atoms with Crippen LogP contribution in [-0.2, 0) is 35.3 Å². The summed E-state index contributed by atoms with van der Waals surface area (Å²) in [4.78, 5) is 0.342. The first-order valence-electron chi connectivity index (χ1n) is 18.1. The van der Waals surface area contributed by atoms with Gasteiger partial charge in [0.1, 0.15) is 5.75 Å². The maximum Gasteiger partial charge on any atom is 0.500 e. The Morgan fingerprint density at radius 3 is 1.52 bits per heavy atom. The number of sulfone groups is 1. The average Bonchev–Trinajstić information content (AvgIpc) is 3.07. The quantitative estimate of drug-likeness (QED) is 0.0631. The van der Waals surface area contributed by atoms with E-state index in [1.807, 2.05) is 12.1 Å². The molecule has 262 valence electrons. The first-order valence-corrected chi connectivity index (χ1v) is 21.7. The van der Waals surface area contributed by atoms with E-state index in [9.17, 15) is 8.42 Å². The van der Waals surface area contributed by atoms with Crippen LogP contribution in [0.25, 0.3) is 0 Å². The third kappa shape index (κ3) is 16.9. The van der Waals surface area contributed by atoms with Crippen LogP contribution in [0.5, 0.6) is 5.75 Å². The molecule has 0 aliphatic rings. The van der Waals surface area contributed by atoms with Crippen LogP contribution in [0.2, 0.25) is 6.04 Å². The van der Waals surface area contributed by atoms with Crippen molar-refractivity contribution in [2.75, 3.05) is 27.9 Å². The predicted octanol–water partition coefficient (Wildman–Crippen LogP) is 10.5. The van der Waals surface area contributed by atoms with Crippen molar-refractivity contribution in [2.24, 2.45) is 0 Å². The Kier molecular flexibility index (Phi) is 21.5. The van der Waals surface area contributed by atoms with Crippen molar-refractivity contribution in [1.29, 1.82) is 0 Å². The Labute approximate surface area is 283 Å². The number of hydrogen-bond acceptors (Lipinski definition) is 6. The molecule has 2 rings (SSSR count). The van der Waals surface area contributed by atoms with Crippen LogP contribution in [0, 0.1) is 0 Å². The molecule has 0 unspecified atom stereocenters. The first-order chi connectivity index (χ1) is 22.4. The largest absolute Gasteiger partial charge is 0.500 e. The predicted molar refractivity (Wildman–Crippen MR) is 193 cm³/mol. The molecule has 0 amide bonds. The van der Waals surface area contributed by atoms with Crippen molar-refractivity contribution < 1.29 is 26.4 Å². The second-order valence-corrected chi connectivity index (χ2v) is 17.8. The molecule has 0 N–H and O–H groups in total. The Bertz CT molecular complexity index is 1110. The third-order valence-corrected chi connectivity index (χ3v) is 13.5. The third-order valence-electron chi connectivity index (χ3n) is 8.96. The van der Waals surface area contributed by atoms with Gasteiger partial charge in [0.2, 0.25) is 0 Å². The van der Waals surface area contributed by atoms with E-state index in [1.165, 1.54) is 102 Å². The zero-order chi connectivity index (χ0) is 33.4. The lowest BCUT2D eigenvalue weighted by atomic mass is 10.0. The van der Waals surface area contributed by atoms with Gasteiger partial charge >= 0.3 is 8.80 Å². The van der Waals surface area contributed by atoms with Gasteiger partial charge in [-0.1, -0.05) is 128 Å². The highest BCUT2D eigenvalue weighted by molar-refractivity contribution is 7.90. The molecule has 0 aromatic heterocycles. The van der Waals surface area contributed by atoms with E-state index in [0.29, 0.717) is 11.5 Å². The van der Waals surface area contributed by atoms with Crippen molar-refractivity contribution in [3.05, 3.63) is 59.7 Å². The fourth-order valence-electron chi connectivity index (χ4n) is 5.92. The highest BCUT2D eigenvalue weighted by atomic mass is 32.2. The van der Waals surface area contributed by atoms with Crippen LogP contribution < -0.4 is 4.74 Å². The van der Waals surface area contributed by atoms with Gasteiger partial charge in [0.15, 0.2) is 9.84 Å². The summed E-state index contributed by atoms with van der Waals surface area (Å²) >= 11 is 0. The molecular formula is C38H64O6SSi. The summed E-state index contributed by atoms with van der Waals surface area (Å²) in [6, 6.07) is 15.9. The maximum atomic E-state index is 13.0. The van der Waals surface area contributed by atoms with Crippen molar-refractivity contribution in [1.82, 2.24) is 0 Å². The first kappa shape index (κ1) is 40.5. The summed E-state index contributed by atoms with van der Waals surface area (Å²) in [5, 5.41) is 0. The van der Waals surface area contributed by atoms with Crippen LogP contribution >= 0.6 is 0 Å². The molecule has 46 heavy (non-hydrogen) atoms. The van der Waals surface area contributed by atoms with Crippen LogP contribution in [0.4, 0.5) is 0 Å². The van der Waals surface area contributed by atoms with E-state index >= 15 is 0 Å². The minimum atomic E-state index is -3.41. The van der Waals surface area contributed by atoms with Crippen molar-refractivity contribution >= 4 is 18.6 Å². The van der Waals surface area contributed by atoms with Crippen LogP contribution in [0.15, 0.2) is 53.4 Å². The summed E-state index contributed by atoms with van der Waals surface area (Å²) in [5.74, 6) is 0.736. The zero-order valence-corrected chi connectivity index (χ0v) is 31.3. The minimum absolute atomic E-state index is 0.0156. The zero-order valence-electron chi connectivity index (χ0n) is 29.5. The number of rotatable bonds is 29. The van der Waals surface area contributed by atoms with Gasteiger partial charge in [0, 0.05) is 27.4 Å². The van der Waals surface area contributed by atoms with E-state index in [2.05, 4.69) is 19.1 Å². The molecule has 0 aliphatic heterocycles. The molecule has 8 heteroatoms. The fourth-order valence-corrected chi connectivity index (χ4v) is 9.06. The topological polar surface area (TPSA) is 71.1 Å². The fraction of sp³-hybridized carbons (Fsp3) is 0.684. The van der Waals surface area contributed by atoms with Gasteiger partial charge in [-0.2, -0.15) is 0 Å². The van der Waals surface area contributed by atoms with Gasteiger partial charge in [-0.25, -0.2) is 8.42 Å². The van der Waals surface area contributed by atoms with Gasteiger partial charge in [0.25, 0.3) is 0 Å². The molecule has 0 heterocycles. The molecule has 2 aromatic rings. The molecule has 0 saturated carbocycles. The number of aryl methyl sites for hydroxylation is 1. The van der Waals surface area contributed by atoms with Gasteiger partial charge in [0.05, 0.1) is 17.3 Å². The lowest BCUT2D eigenvalue weighted by Gasteiger charge is -2.24. The SMILES string of the molecule is CCCCCCCCCCCCc1ccc(CS(=O)(=O)c2ccc(OCCCCCCCCCC[Si](OC)(OC)OC)cc2)cc1. The second kappa shape index (κ2) is 24.4. The smallest absolute Gasteiger partial charge is 0.494 e. The van der Waals surface area contributed by atoms with Gasteiger partial charge in [-0.3, -0.25) is 0 Å². The summed E-state index contributed by atoms with van der Waals surface area (Å²) in [6.45, 7) is 2.91. The van der Waals surface area contributed by atoms with E-state index in [4.69, 9.17) is 18.0 Å². The van der Waals surface area contributed by atoms with Gasteiger partial charge in [-0.15, -0.1) is 0 Å². The van der Waals surface area contributed by atoms with Gasteiger partial charge in [-0.05, 0) is 61.1 Å². The number of ether oxygens (including phenoxy) is 1. The lowest BCUT2D eigenvalue weighted by Crippen LogP contribution is -2.42. The van der Waals surface area contributed by atoms with Crippen molar-refractivity contribution in [3.8, 4) is 5.75 Å². The molecular weight excluding hydrogens is 613 g/mol. The van der Waals surface area contributed by atoms with Crippen LogP contribution in [0.1, 0.15) is 134 Å². The van der Waals surface area contributed by atoms with E-state index in [0.717, 1.165) is 43.0 Å². The minimum Gasteiger partial charge on any atom is -0.494 e. The highest BCUT2D eigenvalue weighted by Gasteiger charge is 2.36. The summed E-state index contributed by atoms with van der Waals surface area (Å²) in [5.41, 5.74) is 2.12. The molecule has 0 spiro atoms. The van der Waals surface area contributed by atoms with Crippen LogP contribution in [0.3, 0.4) is 0 Å². The molecule has 0 atom stereocenters. The Morgan fingerprint density at radius 2 is 1.00 bits per heavy atom. The van der Waals surface area contributed by atoms with E-state index < -0.39 is 18.6 Å². The Balaban J connectivity index is 1.56. The number of benzene rings is 2. The summed E-state index contributed by atoms with van der Waals surface area (Å²) in [7, 11) is -0.821. The Hall–Kier alpha value is -1.71. The molecule has 0 fully saturated rings. The number of hydrogen-bond donors (Lipinski definition) is 0. The molecule has 0 bridgehead atoms. The van der Waals surface area contributed by atoms with Crippen LogP contribution in [-0.4, -0.2) is 45.2 Å². The van der Waals surface area contributed by atoms with Gasteiger partial charge < -0.3 is 18.0 Å². The monoisotopic (exact) mass is 676 g/mol. The highest BCUT2D eigenvalue weighted by Crippen LogP contribution is 2.22. The molecule has 0 radical (unpaired) electrons. The molecule has 2 aromatic carbocycles. The van der Waals surface area contributed by atoms with E-state index in [1.54, 1.807) is 45.6 Å². The summed E-state index contributed by atoms with van der Waals surface area (Å²) in [6.07, 6.45) is 23.7. The summed E-state index contributed by atoms with van der Waals surface area (Å²) < 4.78 is 48.4. The molecule has 0 saturated heterocycles. The standard InChI is InChI=1S/C38H64O6SSi/c1-5-6-7-8-9-10-11-14-17-20-23-35-24-26-36(27-25-35)34-45(39,40)38-30-28-37(29-31-38)44-32-21-18-15-12-13-16-19-22-33-46(41-2,42-3)43-4/h24-31H,5-23,32-34H2,1-4H3. The molecule has 0 aliphatic carbocycles. The second-order valence-electron chi connectivity index (χ2n) is 12.7. The average molecular weight is 677 g/mol. The maximum absolute atomic E-state index is 13.0. The van der Waals surface area contributed by atoms with Crippen molar-refractivity contribution in [3.63, 3.8) is 0 Å². The molecule has 6 nitrogen and oxygen atoms in total. The lowest BCUT2D eigenvalue weighted by molar-refractivity contribution is 0.122. The van der Waals surface area contributed by atoms with E-state index in [-0.39, 0.29) is 5.75 Å². The van der Waals surface area contributed by atoms with Crippen molar-refractivity contribution in [2.45, 2.75) is 146 Å². The number of unbranched alkanes of at least 4 members (excludes halogenated alkanes) is 16. The normalized spacial score (nSPS) is 12.1. The Morgan fingerprint density at radius 1 is 0.543 bits per heavy atom.